The number of hydrogen-bond donors (Lipinski definition) is 1. The maximum absolute atomic E-state index is 13.1. The van der Waals surface area contributed by atoms with E-state index in [1.807, 2.05) is 12.1 Å². The van der Waals surface area contributed by atoms with Gasteiger partial charge in [0.1, 0.15) is 17.2 Å². The van der Waals surface area contributed by atoms with Crippen molar-refractivity contribution in [1.29, 1.82) is 0 Å². The Labute approximate surface area is 128 Å². The molecule has 0 bridgehead atoms. The lowest BCUT2D eigenvalue weighted by atomic mass is 10.0. The Morgan fingerprint density at radius 1 is 1.24 bits per heavy atom. The lowest BCUT2D eigenvalue weighted by molar-refractivity contribution is 0.138. The van der Waals surface area contributed by atoms with Gasteiger partial charge in [-0.15, -0.1) is 0 Å². The third-order valence-electron chi connectivity index (χ3n) is 3.54. The monoisotopic (exact) mass is 305 g/mol. The Balaban J connectivity index is 1.71. The van der Waals surface area contributed by atoms with Crippen molar-refractivity contribution in [3.63, 3.8) is 0 Å². The van der Waals surface area contributed by atoms with Gasteiger partial charge in [0, 0.05) is 18.7 Å². The molecule has 0 aromatic heterocycles. The van der Waals surface area contributed by atoms with Crippen LogP contribution in [0.5, 0.6) is 5.75 Å². The van der Waals surface area contributed by atoms with Gasteiger partial charge in [-0.05, 0) is 49.2 Å². The third-order valence-corrected chi connectivity index (χ3v) is 3.83. The maximum Gasteiger partial charge on any atom is 0.141 e. The molecule has 0 unspecified atom stereocenters. The molecule has 0 aliphatic carbocycles. The van der Waals surface area contributed by atoms with Gasteiger partial charge in [0.2, 0.25) is 0 Å². The summed E-state index contributed by atoms with van der Waals surface area (Å²) in [6.07, 6.45) is 0.915. The molecule has 2 aromatic rings. The van der Waals surface area contributed by atoms with Crippen LogP contribution in [-0.4, -0.2) is 5.60 Å². The summed E-state index contributed by atoms with van der Waals surface area (Å²) in [5, 5.41) is 3.38. The van der Waals surface area contributed by atoms with E-state index in [1.54, 1.807) is 12.1 Å². The maximum atomic E-state index is 13.1. The quantitative estimate of drug-likeness (QED) is 0.879. The first-order valence-electron chi connectivity index (χ1n) is 6.93. The molecule has 1 aliphatic heterocycles. The van der Waals surface area contributed by atoms with Crippen molar-refractivity contribution < 1.29 is 9.13 Å². The summed E-state index contributed by atoms with van der Waals surface area (Å²) in [4.78, 5) is 0. The van der Waals surface area contributed by atoms with Crippen molar-refractivity contribution in [2.24, 2.45) is 0 Å². The normalized spacial score (nSPS) is 15.4. The molecule has 0 saturated carbocycles. The van der Waals surface area contributed by atoms with Crippen LogP contribution >= 0.6 is 11.6 Å². The lowest BCUT2D eigenvalue weighted by Crippen LogP contribution is -2.24. The van der Waals surface area contributed by atoms with Crippen LogP contribution in [0.15, 0.2) is 36.4 Å². The zero-order valence-corrected chi connectivity index (χ0v) is 12.8. The van der Waals surface area contributed by atoms with Crippen LogP contribution in [0.4, 0.5) is 10.1 Å². The van der Waals surface area contributed by atoms with Crippen LogP contribution in [0.25, 0.3) is 0 Å². The molecular weight excluding hydrogens is 289 g/mol. The minimum absolute atomic E-state index is 0.126. The fraction of sp³-hybridized carbons (Fsp3) is 0.294. The van der Waals surface area contributed by atoms with Gasteiger partial charge >= 0.3 is 0 Å². The molecule has 1 heterocycles. The molecule has 1 aliphatic rings. The predicted octanol–water partition coefficient (Wildman–Crippen LogP) is 4.80. The first kappa shape index (κ1) is 14.2. The summed E-state index contributed by atoms with van der Waals surface area (Å²) in [7, 11) is 0. The number of rotatable bonds is 3. The van der Waals surface area contributed by atoms with Gasteiger partial charge < -0.3 is 10.1 Å². The van der Waals surface area contributed by atoms with E-state index in [0.717, 1.165) is 23.4 Å². The molecule has 0 atom stereocenters. The highest BCUT2D eigenvalue weighted by molar-refractivity contribution is 6.31. The van der Waals surface area contributed by atoms with Crippen molar-refractivity contribution in [3.05, 3.63) is 58.4 Å². The molecule has 0 fully saturated rings. The minimum Gasteiger partial charge on any atom is -0.487 e. The number of fused-ring (bicyclic) bond motifs is 1. The van der Waals surface area contributed by atoms with Crippen molar-refractivity contribution in [2.45, 2.75) is 32.4 Å². The van der Waals surface area contributed by atoms with E-state index in [9.17, 15) is 4.39 Å². The fourth-order valence-corrected chi connectivity index (χ4v) is 2.76. The van der Waals surface area contributed by atoms with Crippen LogP contribution in [0.3, 0.4) is 0 Å². The van der Waals surface area contributed by atoms with E-state index in [1.165, 1.54) is 11.6 Å². The molecule has 2 aromatic carbocycles. The van der Waals surface area contributed by atoms with Crippen LogP contribution in [-0.2, 0) is 13.0 Å². The highest BCUT2D eigenvalue weighted by Gasteiger charge is 2.29. The molecule has 21 heavy (non-hydrogen) atoms. The SMILES string of the molecule is CC1(C)Cc2cc(CNc3ccc(F)c(Cl)c3)ccc2O1. The van der Waals surface area contributed by atoms with Crippen molar-refractivity contribution in [2.75, 3.05) is 5.32 Å². The Bertz CT molecular complexity index is 684. The van der Waals surface area contributed by atoms with Gasteiger partial charge in [-0.25, -0.2) is 4.39 Å². The number of halogens is 2. The average Bonchev–Trinajstić information content (AvgIpc) is 2.73. The van der Waals surface area contributed by atoms with E-state index < -0.39 is 5.82 Å². The number of hydrogen-bond acceptors (Lipinski definition) is 2. The Hall–Kier alpha value is -1.74. The second-order valence-corrected chi connectivity index (χ2v) is 6.37. The van der Waals surface area contributed by atoms with Crippen molar-refractivity contribution >= 4 is 17.3 Å². The first-order valence-corrected chi connectivity index (χ1v) is 7.30. The summed E-state index contributed by atoms with van der Waals surface area (Å²) in [5.74, 6) is 0.563. The van der Waals surface area contributed by atoms with E-state index in [4.69, 9.17) is 16.3 Å². The Morgan fingerprint density at radius 3 is 2.81 bits per heavy atom. The third kappa shape index (κ3) is 3.13. The summed E-state index contributed by atoms with van der Waals surface area (Å²) in [5.41, 5.74) is 3.07. The molecule has 4 heteroatoms. The minimum atomic E-state index is -0.404. The summed E-state index contributed by atoms with van der Waals surface area (Å²) in [6, 6.07) is 10.8. The largest absolute Gasteiger partial charge is 0.487 e. The van der Waals surface area contributed by atoms with Crippen molar-refractivity contribution in [1.82, 2.24) is 0 Å². The summed E-state index contributed by atoms with van der Waals surface area (Å²) in [6.45, 7) is 4.84. The number of nitrogens with one attached hydrogen (secondary N) is 1. The molecule has 0 spiro atoms. The Kier molecular flexibility index (Phi) is 3.54. The zero-order chi connectivity index (χ0) is 15.0. The van der Waals surface area contributed by atoms with E-state index in [-0.39, 0.29) is 10.6 Å². The molecular formula is C17H17ClFNO. The van der Waals surface area contributed by atoms with Crippen LogP contribution in [0.1, 0.15) is 25.0 Å². The molecule has 110 valence electrons. The topological polar surface area (TPSA) is 21.3 Å². The highest BCUT2D eigenvalue weighted by atomic mass is 35.5. The number of anilines is 1. The van der Waals surface area contributed by atoms with Gasteiger partial charge in [0.05, 0.1) is 5.02 Å². The van der Waals surface area contributed by atoms with E-state index >= 15 is 0 Å². The summed E-state index contributed by atoms with van der Waals surface area (Å²) < 4.78 is 19.0. The van der Waals surface area contributed by atoms with Crippen LogP contribution in [0, 0.1) is 5.82 Å². The second-order valence-electron chi connectivity index (χ2n) is 5.96. The van der Waals surface area contributed by atoms with Crippen LogP contribution < -0.4 is 10.1 Å². The van der Waals surface area contributed by atoms with E-state index in [2.05, 4.69) is 25.2 Å². The van der Waals surface area contributed by atoms with Gasteiger partial charge in [0.15, 0.2) is 0 Å². The van der Waals surface area contributed by atoms with Crippen LogP contribution in [0.2, 0.25) is 5.02 Å². The van der Waals surface area contributed by atoms with Gasteiger partial charge in [0.25, 0.3) is 0 Å². The molecule has 0 saturated heterocycles. The standard InChI is InChI=1S/C17H17ClFNO/c1-17(2)9-12-7-11(3-6-16(12)21-17)10-20-13-4-5-15(19)14(18)8-13/h3-8,20H,9-10H2,1-2H3. The molecule has 0 amide bonds. The Morgan fingerprint density at radius 2 is 2.05 bits per heavy atom. The number of ether oxygens (including phenoxy) is 1. The predicted molar refractivity (Wildman–Crippen MR) is 83.6 cm³/mol. The number of benzene rings is 2. The first-order chi connectivity index (χ1) is 9.93. The van der Waals surface area contributed by atoms with Gasteiger partial charge in [-0.2, -0.15) is 0 Å². The fourth-order valence-electron chi connectivity index (χ4n) is 2.58. The molecule has 3 rings (SSSR count). The molecule has 2 nitrogen and oxygen atoms in total. The highest BCUT2D eigenvalue weighted by Crippen LogP contribution is 2.35. The smallest absolute Gasteiger partial charge is 0.141 e. The lowest BCUT2D eigenvalue weighted by Gasteiger charge is -2.16. The zero-order valence-electron chi connectivity index (χ0n) is 12.0. The van der Waals surface area contributed by atoms with Gasteiger partial charge in [-0.1, -0.05) is 23.7 Å². The average molecular weight is 306 g/mol. The van der Waals surface area contributed by atoms with Crippen molar-refractivity contribution in [3.8, 4) is 5.75 Å². The van der Waals surface area contributed by atoms with E-state index in [0.29, 0.717) is 6.54 Å². The molecule has 0 radical (unpaired) electrons. The summed E-state index contributed by atoms with van der Waals surface area (Å²) >= 11 is 5.77. The second kappa shape index (κ2) is 5.23. The molecule has 1 N–H and O–H groups in total. The van der Waals surface area contributed by atoms with Gasteiger partial charge in [-0.3, -0.25) is 0 Å².